The van der Waals surface area contributed by atoms with Gasteiger partial charge in [-0.1, -0.05) is 33.3 Å². The maximum Gasteiger partial charge on any atom is 0.251 e. The molecule has 3 aliphatic rings. The van der Waals surface area contributed by atoms with Gasteiger partial charge in [-0.3, -0.25) is 4.79 Å². The Kier molecular flexibility index (Phi) is 5.10. The lowest BCUT2D eigenvalue weighted by Crippen LogP contribution is -2.52. The van der Waals surface area contributed by atoms with Crippen LogP contribution < -0.4 is 5.32 Å². The van der Waals surface area contributed by atoms with Crippen LogP contribution in [0.25, 0.3) is 0 Å². The lowest BCUT2D eigenvalue weighted by Gasteiger charge is -2.43. The van der Waals surface area contributed by atoms with E-state index in [1.165, 1.54) is 6.42 Å². The van der Waals surface area contributed by atoms with Crippen molar-refractivity contribution in [2.24, 2.45) is 16.7 Å². The molecule has 160 valence electrons. The molecule has 3 atom stereocenters. The van der Waals surface area contributed by atoms with Gasteiger partial charge in [0.1, 0.15) is 0 Å². The van der Waals surface area contributed by atoms with Crippen molar-refractivity contribution in [3.8, 4) is 0 Å². The fourth-order valence-electron chi connectivity index (χ4n) is 6.14. The maximum absolute atomic E-state index is 13.2. The number of sulfonamides is 1. The predicted molar refractivity (Wildman–Crippen MR) is 114 cm³/mol. The van der Waals surface area contributed by atoms with Crippen LogP contribution in [0.4, 0.5) is 0 Å². The fraction of sp³-hybridized carbons (Fsp3) is 0.696. The average Bonchev–Trinajstić information content (AvgIpc) is 3.17. The minimum atomic E-state index is -3.57. The van der Waals surface area contributed by atoms with E-state index in [1.54, 1.807) is 29.4 Å². The first-order valence-corrected chi connectivity index (χ1v) is 12.4. The number of hydrogen-bond acceptors (Lipinski definition) is 3. The Labute approximate surface area is 175 Å². The number of aryl methyl sites for hydroxylation is 1. The third-order valence-corrected chi connectivity index (χ3v) is 9.97. The van der Waals surface area contributed by atoms with Gasteiger partial charge in [0, 0.05) is 24.7 Å². The summed E-state index contributed by atoms with van der Waals surface area (Å²) in [5.74, 6) is 0.484. The van der Waals surface area contributed by atoms with Gasteiger partial charge in [-0.05, 0) is 73.5 Å². The van der Waals surface area contributed by atoms with Crippen molar-refractivity contribution in [3.63, 3.8) is 0 Å². The second-order valence-corrected chi connectivity index (χ2v) is 12.2. The summed E-state index contributed by atoms with van der Waals surface area (Å²) in [5, 5.41) is 3.29. The molecule has 1 aromatic rings. The predicted octanol–water partition coefficient (Wildman–Crippen LogP) is 4.11. The molecule has 0 aromatic heterocycles. The summed E-state index contributed by atoms with van der Waals surface area (Å²) in [4.78, 5) is 13.4. The zero-order valence-corrected chi connectivity index (χ0v) is 18.9. The highest BCUT2D eigenvalue weighted by Gasteiger charge is 2.59. The van der Waals surface area contributed by atoms with Crippen molar-refractivity contribution in [1.29, 1.82) is 0 Å². The summed E-state index contributed by atoms with van der Waals surface area (Å²) >= 11 is 0. The highest BCUT2D eigenvalue weighted by molar-refractivity contribution is 7.89. The van der Waals surface area contributed by atoms with E-state index in [4.69, 9.17) is 0 Å². The van der Waals surface area contributed by atoms with Crippen LogP contribution in [0.15, 0.2) is 23.1 Å². The zero-order valence-electron chi connectivity index (χ0n) is 18.1. The third-order valence-electron chi connectivity index (χ3n) is 7.93. The Bertz CT molecular complexity index is 913. The van der Waals surface area contributed by atoms with Gasteiger partial charge in [-0.25, -0.2) is 8.42 Å². The normalized spacial score (nSPS) is 31.7. The molecule has 1 aromatic carbocycles. The zero-order chi connectivity index (χ0) is 21.0. The highest BCUT2D eigenvalue weighted by atomic mass is 32.2. The number of piperidine rings is 1. The number of amides is 1. The number of hydrogen-bond donors (Lipinski definition) is 1. The molecule has 3 fully saturated rings. The van der Waals surface area contributed by atoms with Crippen LogP contribution in [0.2, 0.25) is 0 Å². The third kappa shape index (κ3) is 3.42. The lowest BCUT2D eigenvalue weighted by atomic mass is 9.68. The van der Waals surface area contributed by atoms with Crippen LogP contribution >= 0.6 is 0 Å². The number of nitrogens with zero attached hydrogens (tertiary/aromatic N) is 1. The van der Waals surface area contributed by atoms with Crippen LogP contribution in [0.1, 0.15) is 75.2 Å². The van der Waals surface area contributed by atoms with E-state index in [0.29, 0.717) is 30.1 Å². The summed E-state index contributed by atoms with van der Waals surface area (Å²) < 4.78 is 27.9. The van der Waals surface area contributed by atoms with E-state index in [9.17, 15) is 13.2 Å². The van der Waals surface area contributed by atoms with Crippen molar-refractivity contribution in [2.45, 2.75) is 77.2 Å². The molecular formula is C23H34N2O3S. The maximum atomic E-state index is 13.2. The summed E-state index contributed by atoms with van der Waals surface area (Å²) in [7, 11) is -3.57. The molecule has 5 nitrogen and oxygen atoms in total. The van der Waals surface area contributed by atoms with Crippen LogP contribution in [0.3, 0.4) is 0 Å². The molecule has 2 unspecified atom stereocenters. The van der Waals surface area contributed by atoms with Gasteiger partial charge >= 0.3 is 0 Å². The number of fused-ring (bicyclic) bond motifs is 2. The van der Waals surface area contributed by atoms with Crippen LogP contribution in [0.5, 0.6) is 0 Å². The Morgan fingerprint density at radius 3 is 2.45 bits per heavy atom. The number of nitrogens with one attached hydrogen (secondary N) is 1. The van der Waals surface area contributed by atoms with E-state index in [-0.39, 0.29) is 27.7 Å². The van der Waals surface area contributed by atoms with Crippen molar-refractivity contribution in [3.05, 3.63) is 29.3 Å². The fourth-order valence-corrected chi connectivity index (χ4v) is 7.91. The minimum absolute atomic E-state index is 0.0655. The first-order valence-electron chi connectivity index (χ1n) is 11.0. The summed E-state index contributed by atoms with van der Waals surface area (Å²) in [6.45, 7) is 9.73. The molecule has 1 saturated heterocycles. The van der Waals surface area contributed by atoms with Crippen LogP contribution in [-0.4, -0.2) is 37.8 Å². The van der Waals surface area contributed by atoms with E-state index >= 15 is 0 Å². The van der Waals surface area contributed by atoms with E-state index < -0.39 is 10.0 Å². The van der Waals surface area contributed by atoms with Gasteiger partial charge in [0.25, 0.3) is 5.91 Å². The second kappa shape index (κ2) is 7.09. The Hall–Kier alpha value is -1.40. The summed E-state index contributed by atoms with van der Waals surface area (Å²) in [6, 6.07) is 5.21. The van der Waals surface area contributed by atoms with Crippen LogP contribution in [-0.2, 0) is 10.0 Å². The van der Waals surface area contributed by atoms with Gasteiger partial charge in [0.05, 0.1) is 4.90 Å². The molecule has 4 rings (SSSR count). The van der Waals surface area contributed by atoms with E-state index in [2.05, 4.69) is 26.1 Å². The molecule has 1 heterocycles. The minimum Gasteiger partial charge on any atom is -0.348 e. The Balaban J connectivity index is 1.60. The molecule has 2 saturated carbocycles. The standard InChI is InChI=1S/C23H34N2O3S/c1-16-8-9-17(14-19(16)29(27,28)25-12-6-5-7-13-25)20(26)24-21-22(2,3)18-10-11-23(21,4)15-18/h8-9,14,18,21H,5-7,10-13,15H2,1-4H3,(H,24,26)/t18?,21-,23?/m0/s1. The first-order chi connectivity index (χ1) is 13.6. The smallest absolute Gasteiger partial charge is 0.251 e. The summed E-state index contributed by atoms with van der Waals surface area (Å²) in [5.41, 5.74) is 1.33. The second-order valence-electron chi connectivity index (χ2n) is 10.3. The van der Waals surface area contributed by atoms with Crippen LogP contribution in [0, 0.1) is 23.7 Å². The number of rotatable bonds is 4. The monoisotopic (exact) mass is 418 g/mol. The molecule has 0 spiro atoms. The quantitative estimate of drug-likeness (QED) is 0.800. The average molecular weight is 419 g/mol. The molecule has 2 aliphatic carbocycles. The topological polar surface area (TPSA) is 66.5 Å². The lowest BCUT2D eigenvalue weighted by molar-refractivity contribution is 0.0737. The van der Waals surface area contributed by atoms with Gasteiger partial charge in [0.2, 0.25) is 10.0 Å². The number of carbonyl (C=O) groups excluding carboxylic acids is 1. The Morgan fingerprint density at radius 2 is 1.83 bits per heavy atom. The number of carbonyl (C=O) groups is 1. The van der Waals surface area contributed by atoms with Crippen molar-refractivity contribution < 1.29 is 13.2 Å². The van der Waals surface area contributed by atoms with Gasteiger partial charge in [-0.15, -0.1) is 0 Å². The molecule has 1 aliphatic heterocycles. The molecule has 1 amide bonds. The van der Waals surface area contributed by atoms with Gasteiger partial charge in [-0.2, -0.15) is 4.31 Å². The highest BCUT2D eigenvalue weighted by Crippen LogP contribution is 2.62. The summed E-state index contributed by atoms with van der Waals surface area (Å²) in [6.07, 6.45) is 6.41. The van der Waals surface area contributed by atoms with Crippen molar-refractivity contribution in [2.75, 3.05) is 13.1 Å². The molecule has 2 bridgehead atoms. The van der Waals surface area contributed by atoms with Crippen molar-refractivity contribution >= 4 is 15.9 Å². The van der Waals surface area contributed by atoms with E-state index in [1.807, 2.05) is 0 Å². The van der Waals surface area contributed by atoms with Gasteiger partial charge < -0.3 is 5.32 Å². The van der Waals surface area contributed by atoms with E-state index in [0.717, 1.165) is 32.1 Å². The van der Waals surface area contributed by atoms with Crippen molar-refractivity contribution in [1.82, 2.24) is 9.62 Å². The molecule has 1 N–H and O–H groups in total. The Morgan fingerprint density at radius 1 is 1.14 bits per heavy atom. The molecule has 29 heavy (non-hydrogen) atoms. The molecule has 6 heteroatoms. The first kappa shape index (κ1) is 20.9. The molecular weight excluding hydrogens is 384 g/mol. The molecule has 0 radical (unpaired) electrons. The largest absolute Gasteiger partial charge is 0.348 e. The SMILES string of the molecule is Cc1ccc(C(=O)N[C@@H]2C3(C)CCC(C3)C2(C)C)cc1S(=O)(=O)N1CCCCC1. The number of benzene rings is 1. The van der Waals surface area contributed by atoms with Gasteiger partial charge in [0.15, 0.2) is 0 Å².